The summed E-state index contributed by atoms with van der Waals surface area (Å²) in [6.07, 6.45) is 3.21. The van der Waals surface area contributed by atoms with Crippen molar-refractivity contribution in [2.24, 2.45) is 11.7 Å². The minimum Gasteiger partial charge on any atom is -0.369 e. The fraction of sp³-hybridized carbons (Fsp3) is 0.357. The van der Waals surface area contributed by atoms with Crippen LogP contribution in [0.5, 0.6) is 0 Å². The normalized spacial score (nSPS) is 16.4. The number of hydrogen-bond donors (Lipinski definition) is 1. The first kappa shape index (κ1) is 14.4. The van der Waals surface area contributed by atoms with Crippen LogP contribution < -0.4 is 10.6 Å². The Labute approximate surface area is 132 Å². The molecule has 0 bridgehead atoms. The summed E-state index contributed by atoms with van der Waals surface area (Å²) in [4.78, 5) is 22.2. The first-order chi connectivity index (χ1) is 10.0. The Morgan fingerprint density at radius 3 is 2.43 bits per heavy atom. The van der Waals surface area contributed by atoms with Crippen molar-refractivity contribution in [1.29, 1.82) is 0 Å². The Hall–Kier alpha value is -1.59. The molecule has 1 aliphatic heterocycles. The van der Waals surface area contributed by atoms with Crippen LogP contribution in [0.1, 0.15) is 12.8 Å². The second kappa shape index (κ2) is 5.66. The molecule has 1 fully saturated rings. The number of rotatable bonds is 2. The molecule has 110 valence electrons. The van der Waals surface area contributed by atoms with Crippen molar-refractivity contribution in [1.82, 2.24) is 9.97 Å². The number of piperidine rings is 1. The Morgan fingerprint density at radius 1 is 1.19 bits per heavy atom. The van der Waals surface area contributed by atoms with Gasteiger partial charge in [-0.3, -0.25) is 9.78 Å². The van der Waals surface area contributed by atoms with Crippen LogP contribution >= 0.6 is 23.2 Å². The van der Waals surface area contributed by atoms with Crippen molar-refractivity contribution < 1.29 is 4.79 Å². The molecule has 2 N–H and O–H groups in total. The summed E-state index contributed by atoms with van der Waals surface area (Å²) in [5.74, 6) is 0.521. The molecule has 1 aromatic heterocycles. The molecule has 0 unspecified atom stereocenters. The van der Waals surface area contributed by atoms with Crippen LogP contribution in [-0.4, -0.2) is 29.0 Å². The number of carbonyl (C=O) groups is 1. The highest BCUT2D eigenvalue weighted by molar-refractivity contribution is 6.42. The standard InChI is InChI=1S/C14H14Cl2N4O/c15-9-5-11-12(6-10(9)16)19-13(7-18-11)20-3-1-8(2-4-20)14(17)21/h5-8H,1-4H2,(H2,17,21). The van der Waals surface area contributed by atoms with Gasteiger partial charge in [-0.15, -0.1) is 0 Å². The van der Waals surface area contributed by atoms with E-state index in [0.29, 0.717) is 21.1 Å². The molecular formula is C14H14Cl2N4O. The van der Waals surface area contributed by atoms with Crippen LogP contribution in [0.2, 0.25) is 10.0 Å². The van der Waals surface area contributed by atoms with Gasteiger partial charge in [0.05, 0.1) is 27.3 Å². The molecule has 0 spiro atoms. The smallest absolute Gasteiger partial charge is 0.220 e. The van der Waals surface area contributed by atoms with Crippen molar-refractivity contribution in [2.75, 3.05) is 18.0 Å². The number of benzene rings is 1. The van der Waals surface area contributed by atoms with Crippen molar-refractivity contribution in [3.63, 3.8) is 0 Å². The van der Waals surface area contributed by atoms with Crippen LogP contribution in [0.3, 0.4) is 0 Å². The van der Waals surface area contributed by atoms with Crippen molar-refractivity contribution >= 4 is 46.0 Å². The van der Waals surface area contributed by atoms with Gasteiger partial charge < -0.3 is 10.6 Å². The zero-order valence-corrected chi connectivity index (χ0v) is 12.7. The van der Waals surface area contributed by atoms with Gasteiger partial charge >= 0.3 is 0 Å². The number of nitrogens with two attached hydrogens (primary N) is 1. The number of primary amides is 1. The number of halogens is 2. The molecule has 7 heteroatoms. The number of carbonyl (C=O) groups excluding carboxylic acids is 1. The molecule has 3 rings (SSSR count). The van der Waals surface area contributed by atoms with E-state index in [9.17, 15) is 4.79 Å². The Kier molecular flexibility index (Phi) is 3.87. The third-order valence-electron chi connectivity index (χ3n) is 3.79. The van der Waals surface area contributed by atoms with Gasteiger partial charge in [-0.05, 0) is 25.0 Å². The lowest BCUT2D eigenvalue weighted by atomic mass is 9.96. The van der Waals surface area contributed by atoms with Crippen LogP contribution in [0.25, 0.3) is 11.0 Å². The fourth-order valence-corrected chi connectivity index (χ4v) is 2.86. The van der Waals surface area contributed by atoms with Crippen LogP contribution in [-0.2, 0) is 4.79 Å². The van der Waals surface area contributed by atoms with E-state index >= 15 is 0 Å². The maximum Gasteiger partial charge on any atom is 0.220 e. The second-order valence-electron chi connectivity index (χ2n) is 5.15. The number of hydrogen-bond acceptors (Lipinski definition) is 4. The highest BCUT2D eigenvalue weighted by Gasteiger charge is 2.24. The third kappa shape index (κ3) is 2.89. The van der Waals surface area contributed by atoms with Gasteiger partial charge in [-0.2, -0.15) is 0 Å². The summed E-state index contributed by atoms with van der Waals surface area (Å²) in [5.41, 5.74) is 6.76. The maximum absolute atomic E-state index is 11.2. The first-order valence-electron chi connectivity index (χ1n) is 6.70. The molecular weight excluding hydrogens is 311 g/mol. The number of aromatic nitrogens is 2. The molecule has 2 aromatic rings. The molecule has 21 heavy (non-hydrogen) atoms. The maximum atomic E-state index is 11.2. The van der Waals surface area contributed by atoms with Gasteiger partial charge in [-0.1, -0.05) is 23.2 Å². The number of anilines is 1. The Balaban J connectivity index is 1.85. The quantitative estimate of drug-likeness (QED) is 0.921. The largest absolute Gasteiger partial charge is 0.369 e. The van der Waals surface area contributed by atoms with Crippen molar-refractivity contribution in [3.05, 3.63) is 28.4 Å². The minimum atomic E-state index is -0.222. The molecule has 1 amide bonds. The van der Waals surface area contributed by atoms with Gasteiger partial charge in [0, 0.05) is 19.0 Å². The summed E-state index contributed by atoms with van der Waals surface area (Å²) in [7, 11) is 0. The Morgan fingerprint density at radius 2 is 1.81 bits per heavy atom. The van der Waals surface area contributed by atoms with Gasteiger partial charge in [0.15, 0.2) is 0 Å². The Bertz CT molecular complexity index is 699. The van der Waals surface area contributed by atoms with E-state index in [4.69, 9.17) is 28.9 Å². The summed E-state index contributed by atoms with van der Waals surface area (Å²) in [6, 6.07) is 3.42. The van der Waals surface area contributed by atoms with Gasteiger partial charge in [0.1, 0.15) is 5.82 Å². The van der Waals surface area contributed by atoms with Gasteiger partial charge in [-0.25, -0.2) is 4.98 Å². The van der Waals surface area contributed by atoms with Gasteiger partial charge in [0.2, 0.25) is 5.91 Å². The lowest BCUT2D eigenvalue weighted by molar-refractivity contribution is -0.122. The van der Waals surface area contributed by atoms with E-state index in [-0.39, 0.29) is 11.8 Å². The summed E-state index contributed by atoms with van der Waals surface area (Å²) in [6.45, 7) is 1.49. The lowest BCUT2D eigenvalue weighted by Crippen LogP contribution is -2.38. The molecule has 2 heterocycles. The average molecular weight is 325 g/mol. The number of fused-ring (bicyclic) bond motifs is 1. The topological polar surface area (TPSA) is 72.1 Å². The van der Waals surface area contributed by atoms with E-state index < -0.39 is 0 Å². The highest BCUT2D eigenvalue weighted by Crippen LogP contribution is 2.28. The molecule has 0 aliphatic carbocycles. The molecule has 1 saturated heterocycles. The zero-order chi connectivity index (χ0) is 15.0. The van der Waals surface area contributed by atoms with E-state index in [1.807, 2.05) is 0 Å². The molecule has 1 aliphatic rings. The van der Waals surface area contributed by atoms with Crippen molar-refractivity contribution in [2.45, 2.75) is 12.8 Å². The predicted octanol–water partition coefficient (Wildman–Crippen LogP) is 2.64. The highest BCUT2D eigenvalue weighted by atomic mass is 35.5. The third-order valence-corrected chi connectivity index (χ3v) is 4.52. The SMILES string of the molecule is NC(=O)C1CCN(c2cnc3cc(Cl)c(Cl)cc3n2)CC1. The van der Waals surface area contributed by atoms with Crippen LogP contribution in [0, 0.1) is 5.92 Å². The molecule has 0 atom stereocenters. The van der Waals surface area contributed by atoms with E-state index in [2.05, 4.69) is 14.9 Å². The van der Waals surface area contributed by atoms with E-state index in [1.165, 1.54) is 0 Å². The zero-order valence-electron chi connectivity index (χ0n) is 11.2. The summed E-state index contributed by atoms with van der Waals surface area (Å²) < 4.78 is 0. The first-order valence-corrected chi connectivity index (χ1v) is 7.46. The molecule has 0 radical (unpaired) electrons. The van der Waals surface area contributed by atoms with Crippen LogP contribution in [0.4, 0.5) is 5.82 Å². The average Bonchev–Trinajstić information content (AvgIpc) is 2.48. The summed E-state index contributed by atoms with van der Waals surface area (Å²) >= 11 is 12.0. The lowest BCUT2D eigenvalue weighted by Gasteiger charge is -2.31. The van der Waals surface area contributed by atoms with E-state index in [0.717, 1.165) is 31.7 Å². The molecule has 5 nitrogen and oxygen atoms in total. The second-order valence-corrected chi connectivity index (χ2v) is 5.96. The van der Waals surface area contributed by atoms with Gasteiger partial charge in [0.25, 0.3) is 0 Å². The van der Waals surface area contributed by atoms with E-state index in [1.54, 1.807) is 18.3 Å². The van der Waals surface area contributed by atoms with Crippen LogP contribution in [0.15, 0.2) is 18.3 Å². The fourth-order valence-electron chi connectivity index (χ4n) is 2.54. The summed E-state index contributed by atoms with van der Waals surface area (Å²) in [5, 5.41) is 0.927. The minimum absolute atomic E-state index is 0.0390. The molecule has 1 aromatic carbocycles. The monoisotopic (exact) mass is 324 g/mol. The number of nitrogens with zero attached hydrogens (tertiary/aromatic N) is 3. The number of amides is 1. The molecule has 0 saturated carbocycles. The predicted molar refractivity (Wildman–Crippen MR) is 83.7 cm³/mol. The van der Waals surface area contributed by atoms with Crippen molar-refractivity contribution in [3.8, 4) is 0 Å².